The highest BCUT2D eigenvalue weighted by Gasteiger charge is 2.23. The lowest BCUT2D eigenvalue weighted by Gasteiger charge is -2.18. The second-order valence-electron chi connectivity index (χ2n) is 5.99. The molecule has 0 saturated heterocycles. The van der Waals surface area contributed by atoms with Crippen LogP contribution >= 0.6 is 11.9 Å². The van der Waals surface area contributed by atoms with E-state index in [9.17, 15) is 4.79 Å². The third-order valence-electron chi connectivity index (χ3n) is 4.08. The zero-order chi connectivity index (χ0) is 18.6. The number of fused-ring (bicyclic) bond motifs is 1. The number of carbonyl (C=O) groups excluding carboxylic acids is 1. The molecule has 136 valence electrons. The Bertz CT molecular complexity index is 987. The van der Waals surface area contributed by atoms with Gasteiger partial charge in [-0.2, -0.15) is 4.98 Å². The van der Waals surface area contributed by atoms with Crippen LogP contribution in [0.2, 0.25) is 0 Å². The quantitative estimate of drug-likeness (QED) is 0.662. The van der Waals surface area contributed by atoms with Crippen LogP contribution in [0.25, 0.3) is 0 Å². The third kappa shape index (κ3) is 3.85. The van der Waals surface area contributed by atoms with E-state index in [4.69, 9.17) is 4.52 Å². The number of hydrogen-bond donors (Lipinski definition) is 2. The molecule has 0 aliphatic carbocycles. The fraction of sp³-hybridized carbons (Fsp3) is 0.158. The van der Waals surface area contributed by atoms with E-state index >= 15 is 0 Å². The molecule has 0 saturated carbocycles. The van der Waals surface area contributed by atoms with Gasteiger partial charge >= 0.3 is 0 Å². The summed E-state index contributed by atoms with van der Waals surface area (Å²) in [4.78, 5) is 22.3. The molecule has 4 rings (SSSR count). The van der Waals surface area contributed by atoms with E-state index in [2.05, 4.69) is 25.2 Å². The number of aromatic nitrogens is 2. The number of carbonyl (C=O) groups is 1. The average molecular weight is 379 g/mol. The van der Waals surface area contributed by atoms with Crippen molar-refractivity contribution < 1.29 is 9.32 Å². The van der Waals surface area contributed by atoms with Crippen LogP contribution in [0, 0.1) is 6.92 Å². The Hall–Kier alpha value is -3.13. The van der Waals surface area contributed by atoms with Crippen molar-refractivity contribution in [3.8, 4) is 0 Å². The average Bonchev–Trinajstić information content (AvgIpc) is 3.14. The molecule has 1 aliphatic heterocycles. The van der Waals surface area contributed by atoms with Gasteiger partial charge in [0.1, 0.15) is 0 Å². The SMILES string of the molecule is Cc1noc(C(CNC(=O)C2=Nc3ccccc3SN2)c2ccccc2)n1. The molecule has 7 nitrogen and oxygen atoms in total. The van der Waals surface area contributed by atoms with Gasteiger partial charge in [0.25, 0.3) is 5.91 Å². The van der Waals surface area contributed by atoms with Crippen molar-refractivity contribution in [1.82, 2.24) is 20.2 Å². The molecule has 1 aliphatic rings. The zero-order valence-corrected chi connectivity index (χ0v) is 15.4. The number of benzene rings is 2. The van der Waals surface area contributed by atoms with E-state index in [1.54, 1.807) is 6.92 Å². The van der Waals surface area contributed by atoms with Crippen molar-refractivity contribution in [2.24, 2.45) is 4.99 Å². The maximum Gasteiger partial charge on any atom is 0.287 e. The summed E-state index contributed by atoms with van der Waals surface area (Å²) in [5.41, 5.74) is 1.76. The van der Waals surface area contributed by atoms with E-state index in [1.807, 2.05) is 54.6 Å². The number of nitrogens with one attached hydrogen (secondary N) is 2. The first kappa shape index (κ1) is 17.3. The van der Waals surface area contributed by atoms with E-state index in [1.165, 1.54) is 11.9 Å². The maximum atomic E-state index is 12.6. The zero-order valence-electron chi connectivity index (χ0n) is 14.5. The number of aliphatic imine (C=N–C) groups is 1. The highest BCUT2D eigenvalue weighted by Crippen LogP contribution is 2.30. The summed E-state index contributed by atoms with van der Waals surface area (Å²) in [6.07, 6.45) is 0. The summed E-state index contributed by atoms with van der Waals surface area (Å²) >= 11 is 1.37. The Morgan fingerprint density at radius 2 is 1.96 bits per heavy atom. The van der Waals surface area contributed by atoms with Crippen molar-refractivity contribution in [2.45, 2.75) is 17.7 Å². The molecule has 0 bridgehead atoms. The molecule has 1 aromatic heterocycles. The minimum absolute atomic E-state index is 0.236. The Morgan fingerprint density at radius 3 is 2.74 bits per heavy atom. The van der Waals surface area contributed by atoms with Crippen LogP contribution in [-0.2, 0) is 4.79 Å². The van der Waals surface area contributed by atoms with Crippen LogP contribution in [0.4, 0.5) is 5.69 Å². The van der Waals surface area contributed by atoms with Gasteiger partial charge in [0, 0.05) is 6.54 Å². The number of para-hydroxylation sites is 1. The van der Waals surface area contributed by atoms with E-state index < -0.39 is 0 Å². The third-order valence-corrected chi connectivity index (χ3v) is 4.94. The summed E-state index contributed by atoms with van der Waals surface area (Å²) < 4.78 is 8.33. The Balaban J connectivity index is 1.51. The number of hydrogen-bond acceptors (Lipinski definition) is 7. The number of amidine groups is 1. The minimum Gasteiger partial charge on any atom is -0.348 e. The van der Waals surface area contributed by atoms with Crippen LogP contribution in [0.5, 0.6) is 0 Å². The fourth-order valence-corrected chi connectivity index (χ4v) is 3.46. The van der Waals surface area contributed by atoms with Gasteiger partial charge in [0.05, 0.1) is 16.5 Å². The minimum atomic E-state index is -0.283. The second kappa shape index (κ2) is 7.63. The molecular weight excluding hydrogens is 362 g/mol. The van der Waals surface area contributed by atoms with Gasteiger partial charge in [-0.3, -0.25) is 4.79 Å². The number of rotatable bonds is 5. The van der Waals surface area contributed by atoms with Gasteiger partial charge in [-0.25, -0.2) is 4.99 Å². The van der Waals surface area contributed by atoms with Crippen LogP contribution in [0.15, 0.2) is 69.0 Å². The normalized spacial score (nSPS) is 13.9. The van der Waals surface area contributed by atoms with Gasteiger partial charge in [0.15, 0.2) is 5.82 Å². The van der Waals surface area contributed by atoms with Crippen molar-refractivity contribution in [1.29, 1.82) is 0 Å². The molecule has 2 N–H and O–H groups in total. The molecule has 1 atom stereocenters. The number of amides is 1. The first-order valence-corrected chi connectivity index (χ1v) is 9.26. The standard InChI is InChI=1S/C19H17N5O2S/c1-12-21-19(26-23-12)14(13-7-3-2-4-8-13)11-20-18(25)17-22-15-9-5-6-10-16(15)27-24-17/h2-10,14H,11H2,1H3,(H,20,25)(H,22,24). The van der Waals surface area contributed by atoms with E-state index in [0.717, 1.165) is 16.1 Å². The maximum absolute atomic E-state index is 12.6. The highest BCUT2D eigenvalue weighted by molar-refractivity contribution is 7.98. The van der Waals surface area contributed by atoms with Crippen LogP contribution in [0.3, 0.4) is 0 Å². The van der Waals surface area contributed by atoms with Gasteiger partial charge < -0.3 is 14.6 Å². The van der Waals surface area contributed by atoms with Crippen LogP contribution < -0.4 is 10.0 Å². The number of aryl methyl sites for hydroxylation is 1. The fourth-order valence-electron chi connectivity index (χ4n) is 2.75. The molecule has 0 fully saturated rings. The Labute approximate surface area is 160 Å². The highest BCUT2D eigenvalue weighted by atomic mass is 32.2. The lowest BCUT2D eigenvalue weighted by Crippen LogP contribution is -2.40. The summed E-state index contributed by atoms with van der Waals surface area (Å²) in [6, 6.07) is 17.4. The first-order chi connectivity index (χ1) is 13.2. The van der Waals surface area contributed by atoms with Crippen LogP contribution in [-0.4, -0.2) is 28.4 Å². The summed E-state index contributed by atoms with van der Waals surface area (Å²) in [6.45, 7) is 2.08. The Kier molecular flexibility index (Phi) is 4.88. The summed E-state index contributed by atoms with van der Waals surface area (Å²) in [5, 5.41) is 6.78. The summed E-state index contributed by atoms with van der Waals surface area (Å²) in [5.74, 6) is 0.780. The van der Waals surface area contributed by atoms with E-state index in [0.29, 0.717) is 18.3 Å². The lowest BCUT2D eigenvalue weighted by atomic mass is 9.99. The van der Waals surface area contributed by atoms with Gasteiger partial charge in [0.2, 0.25) is 11.7 Å². The topological polar surface area (TPSA) is 92.4 Å². The van der Waals surface area contributed by atoms with Crippen molar-refractivity contribution in [3.63, 3.8) is 0 Å². The molecule has 0 spiro atoms. The van der Waals surface area contributed by atoms with Crippen LogP contribution in [0.1, 0.15) is 23.2 Å². The molecule has 3 aromatic rings. The molecule has 2 heterocycles. The molecule has 1 amide bonds. The number of nitrogens with zero attached hydrogens (tertiary/aromatic N) is 3. The molecule has 8 heteroatoms. The Morgan fingerprint density at radius 1 is 1.19 bits per heavy atom. The van der Waals surface area contributed by atoms with Crippen molar-refractivity contribution in [2.75, 3.05) is 6.54 Å². The molecule has 0 radical (unpaired) electrons. The smallest absolute Gasteiger partial charge is 0.287 e. The molecule has 1 unspecified atom stereocenters. The van der Waals surface area contributed by atoms with E-state index in [-0.39, 0.29) is 17.7 Å². The molecule has 27 heavy (non-hydrogen) atoms. The summed E-state index contributed by atoms with van der Waals surface area (Å²) in [7, 11) is 0. The van der Waals surface area contributed by atoms with Crippen molar-refractivity contribution >= 4 is 29.4 Å². The van der Waals surface area contributed by atoms with Gasteiger partial charge in [-0.15, -0.1) is 0 Å². The monoisotopic (exact) mass is 379 g/mol. The first-order valence-electron chi connectivity index (χ1n) is 8.44. The largest absolute Gasteiger partial charge is 0.348 e. The lowest BCUT2D eigenvalue weighted by molar-refractivity contribution is -0.115. The van der Waals surface area contributed by atoms with Gasteiger partial charge in [-0.05, 0) is 36.6 Å². The van der Waals surface area contributed by atoms with Crippen molar-refractivity contribution in [3.05, 3.63) is 71.9 Å². The second-order valence-corrected chi connectivity index (χ2v) is 6.83. The predicted octanol–water partition coefficient (Wildman–Crippen LogP) is 2.97. The van der Waals surface area contributed by atoms with Gasteiger partial charge in [-0.1, -0.05) is 47.6 Å². The molecule has 2 aromatic carbocycles. The predicted molar refractivity (Wildman–Crippen MR) is 103 cm³/mol. The molecular formula is C19H17N5O2S.